The highest BCUT2D eigenvalue weighted by Crippen LogP contribution is 2.18. The van der Waals surface area contributed by atoms with E-state index < -0.39 is 0 Å². The van der Waals surface area contributed by atoms with E-state index in [1.807, 2.05) is 25.1 Å². The number of hydrogen-bond acceptors (Lipinski definition) is 4. The summed E-state index contributed by atoms with van der Waals surface area (Å²) in [6.07, 6.45) is 6.29. The number of nitrogens with one attached hydrogen (secondary N) is 1. The van der Waals surface area contributed by atoms with Gasteiger partial charge in [0.1, 0.15) is 5.82 Å². The van der Waals surface area contributed by atoms with Crippen LogP contribution in [-0.2, 0) is 6.42 Å². The summed E-state index contributed by atoms with van der Waals surface area (Å²) >= 11 is 0. The molecule has 4 heteroatoms. The number of nitrogen functional groups attached to an aromatic ring is 1. The van der Waals surface area contributed by atoms with Crippen LogP contribution in [0.3, 0.4) is 0 Å². The van der Waals surface area contributed by atoms with Crippen LogP contribution in [0.1, 0.15) is 11.1 Å². The molecule has 0 aliphatic heterocycles. The molecule has 0 fully saturated rings. The molecular formula is C13H16N4. The van der Waals surface area contributed by atoms with Gasteiger partial charge in [0.15, 0.2) is 0 Å². The van der Waals surface area contributed by atoms with Gasteiger partial charge in [-0.2, -0.15) is 0 Å². The Hall–Kier alpha value is -2.10. The minimum absolute atomic E-state index is 0.724. The molecule has 2 heterocycles. The summed E-state index contributed by atoms with van der Waals surface area (Å²) in [7, 11) is 0. The van der Waals surface area contributed by atoms with Crippen molar-refractivity contribution in [3.05, 3.63) is 47.9 Å². The summed E-state index contributed by atoms with van der Waals surface area (Å²) in [4.78, 5) is 8.21. The van der Waals surface area contributed by atoms with Crippen molar-refractivity contribution < 1.29 is 0 Å². The van der Waals surface area contributed by atoms with E-state index in [9.17, 15) is 0 Å². The standard InChI is InChI=1S/C13H16N4/c1-10-2-8-16-13(12(10)14)17-9-5-11-3-6-15-7-4-11/h2-4,6-8H,5,9,14H2,1H3,(H,16,17). The number of hydrogen-bond donors (Lipinski definition) is 2. The van der Waals surface area contributed by atoms with Crippen molar-refractivity contribution in [3.63, 3.8) is 0 Å². The van der Waals surface area contributed by atoms with Crippen LogP contribution in [0.4, 0.5) is 11.5 Å². The lowest BCUT2D eigenvalue weighted by Gasteiger charge is -2.09. The molecule has 0 atom stereocenters. The Balaban J connectivity index is 1.93. The van der Waals surface area contributed by atoms with Crippen LogP contribution in [0, 0.1) is 6.92 Å². The highest BCUT2D eigenvalue weighted by molar-refractivity contribution is 5.64. The van der Waals surface area contributed by atoms with E-state index in [0.717, 1.165) is 30.0 Å². The SMILES string of the molecule is Cc1ccnc(NCCc2ccncc2)c1N. The van der Waals surface area contributed by atoms with E-state index >= 15 is 0 Å². The van der Waals surface area contributed by atoms with E-state index in [1.54, 1.807) is 18.6 Å². The van der Waals surface area contributed by atoms with Crippen LogP contribution in [0.5, 0.6) is 0 Å². The third-order valence-corrected chi connectivity index (χ3v) is 2.66. The summed E-state index contributed by atoms with van der Waals surface area (Å²) in [5, 5.41) is 3.25. The van der Waals surface area contributed by atoms with E-state index in [0.29, 0.717) is 0 Å². The maximum atomic E-state index is 5.93. The first-order valence-corrected chi connectivity index (χ1v) is 5.61. The number of aryl methyl sites for hydroxylation is 1. The molecule has 2 rings (SSSR count). The average molecular weight is 228 g/mol. The molecule has 0 saturated heterocycles. The predicted octanol–water partition coefficient (Wildman–Crippen LogP) is 2.02. The van der Waals surface area contributed by atoms with Crippen LogP contribution >= 0.6 is 0 Å². The molecule has 0 aliphatic carbocycles. The summed E-state index contributed by atoms with van der Waals surface area (Å²) in [6, 6.07) is 5.92. The molecule has 17 heavy (non-hydrogen) atoms. The quantitative estimate of drug-likeness (QED) is 0.840. The molecule has 0 aromatic carbocycles. The second kappa shape index (κ2) is 5.30. The Morgan fingerprint density at radius 1 is 1.18 bits per heavy atom. The van der Waals surface area contributed by atoms with Crippen molar-refractivity contribution >= 4 is 11.5 Å². The molecule has 0 aliphatic rings. The molecule has 0 unspecified atom stereocenters. The van der Waals surface area contributed by atoms with Crippen molar-refractivity contribution in [1.82, 2.24) is 9.97 Å². The first-order valence-electron chi connectivity index (χ1n) is 5.61. The van der Waals surface area contributed by atoms with E-state index in [1.165, 1.54) is 5.56 Å². The van der Waals surface area contributed by atoms with Gasteiger partial charge in [-0.05, 0) is 42.7 Å². The van der Waals surface area contributed by atoms with Crippen molar-refractivity contribution in [2.45, 2.75) is 13.3 Å². The molecule has 3 N–H and O–H groups in total. The first kappa shape index (κ1) is 11.4. The number of pyridine rings is 2. The predicted molar refractivity (Wildman–Crippen MR) is 69.8 cm³/mol. The van der Waals surface area contributed by atoms with Gasteiger partial charge in [0.25, 0.3) is 0 Å². The number of nitrogens with zero attached hydrogens (tertiary/aromatic N) is 2. The zero-order valence-corrected chi connectivity index (χ0v) is 9.85. The van der Waals surface area contributed by atoms with Gasteiger partial charge in [0, 0.05) is 25.1 Å². The number of anilines is 2. The van der Waals surface area contributed by atoms with Gasteiger partial charge in [-0.15, -0.1) is 0 Å². The lowest BCUT2D eigenvalue weighted by molar-refractivity contribution is 1.00. The van der Waals surface area contributed by atoms with Crippen LogP contribution in [0.2, 0.25) is 0 Å². The van der Waals surface area contributed by atoms with Gasteiger partial charge in [0.05, 0.1) is 5.69 Å². The summed E-state index contributed by atoms with van der Waals surface area (Å²) < 4.78 is 0. The largest absolute Gasteiger partial charge is 0.396 e. The number of nitrogens with two attached hydrogens (primary N) is 1. The zero-order valence-electron chi connectivity index (χ0n) is 9.85. The van der Waals surface area contributed by atoms with Crippen LogP contribution < -0.4 is 11.1 Å². The van der Waals surface area contributed by atoms with Crippen LogP contribution in [0.15, 0.2) is 36.8 Å². The summed E-state index contributed by atoms with van der Waals surface area (Å²) in [5.41, 5.74) is 8.95. The van der Waals surface area contributed by atoms with Gasteiger partial charge in [-0.25, -0.2) is 4.98 Å². The molecular weight excluding hydrogens is 212 g/mol. The Labute approximate surface area is 101 Å². The monoisotopic (exact) mass is 228 g/mol. The maximum Gasteiger partial charge on any atom is 0.149 e. The molecule has 2 aromatic rings. The maximum absolute atomic E-state index is 5.93. The fraction of sp³-hybridized carbons (Fsp3) is 0.231. The molecule has 0 amide bonds. The van der Waals surface area contributed by atoms with Gasteiger partial charge in [-0.3, -0.25) is 4.98 Å². The Bertz CT molecular complexity index is 482. The van der Waals surface area contributed by atoms with Crippen molar-refractivity contribution in [3.8, 4) is 0 Å². The Morgan fingerprint density at radius 3 is 2.71 bits per heavy atom. The van der Waals surface area contributed by atoms with Gasteiger partial charge in [0.2, 0.25) is 0 Å². The van der Waals surface area contributed by atoms with Crippen molar-refractivity contribution in [1.29, 1.82) is 0 Å². The van der Waals surface area contributed by atoms with Gasteiger partial charge in [-0.1, -0.05) is 0 Å². The minimum Gasteiger partial charge on any atom is -0.396 e. The fourth-order valence-electron chi connectivity index (χ4n) is 1.59. The number of rotatable bonds is 4. The molecule has 0 bridgehead atoms. The molecule has 4 nitrogen and oxygen atoms in total. The zero-order chi connectivity index (χ0) is 12.1. The van der Waals surface area contributed by atoms with E-state index in [4.69, 9.17) is 5.73 Å². The van der Waals surface area contributed by atoms with Crippen molar-refractivity contribution in [2.24, 2.45) is 0 Å². The molecule has 0 spiro atoms. The second-order valence-electron chi connectivity index (χ2n) is 3.92. The third-order valence-electron chi connectivity index (χ3n) is 2.66. The Morgan fingerprint density at radius 2 is 1.94 bits per heavy atom. The van der Waals surface area contributed by atoms with Gasteiger partial charge < -0.3 is 11.1 Å². The summed E-state index contributed by atoms with van der Waals surface area (Å²) in [5.74, 6) is 0.763. The fourth-order valence-corrected chi connectivity index (χ4v) is 1.59. The van der Waals surface area contributed by atoms with Crippen molar-refractivity contribution in [2.75, 3.05) is 17.6 Å². The van der Waals surface area contributed by atoms with Crippen LogP contribution in [-0.4, -0.2) is 16.5 Å². The highest BCUT2D eigenvalue weighted by atomic mass is 15.0. The topological polar surface area (TPSA) is 63.8 Å². The normalized spacial score (nSPS) is 10.2. The lowest BCUT2D eigenvalue weighted by atomic mass is 10.2. The molecule has 88 valence electrons. The average Bonchev–Trinajstić information content (AvgIpc) is 2.36. The van der Waals surface area contributed by atoms with Gasteiger partial charge >= 0.3 is 0 Å². The lowest BCUT2D eigenvalue weighted by Crippen LogP contribution is -2.09. The van der Waals surface area contributed by atoms with Crippen LogP contribution in [0.25, 0.3) is 0 Å². The molecule has 2 aromatic heterocycles. The summed E-state index contributed by atoms with van der Waals surface area (Å²) in [6.45, 7) is 2.79. The minimum atomic E-state index is 0.724. The second-order valence-corrected chi connectivity index (χ2v) is 3.92. The smallest absolute Gasteiger partial charge is 0.149 e. The highest BCUT2D eigenvalue weighted by Gasteiger charge is 2.01. The number of aromatic nitrogens is 2. The van der Waals surface area contributed by atoms with E-state index in [-0.39, 0.29) is 0 Å². The molecule has 0 saturated carbocycles. The third kappa shape index (κ3) is 2.93. The van der Waals surface area contributed by atoms with E-state index in [2.05, 4.69) is 15.3 Å². The molecule has 0 radical (unpaired) electrons. The Kier molecular flexibility index (Phi) is 3.55. The first-order chi connectivity index (χ1) is 8.27.